The Morgan fingerprint density at radius 2 is 2.50 bits per heavy atom. The zero-order chi connectivity index (χ0) is 8.81. The molecule has 0 atom stereocenters. The Morgan fingerprint density at radius 3 is 3.08 bits per heavy atom. The van der Waals surface area contributed by atoms with Gasteiger partial charge >= 0.3 is 0 Å². The van der Waals surface area contributed by atoms with E-state index in [0.29, 0.717) is 6.54 Å². The number of thiophene rings is 1. The topological polar surface area (TPSA) is 29.1 Å². The molecule has 0 spiro atoms. The van der Waals surface area contributed by atoms with Crippen LogP contribution in [0, 0.1) is 0 Å². The van der Waals surface area contributed by atoms with Crippen molar-refractivity contribution in [3.8, 4) is 0 Å². The minimum Gasteiger partial charge on any atom is -0.355 e. The molecule has 1 N–H and O–H groups in total. The highest BCUT2D eigenvalue weighted by atomic mass is 35.5. The van der Waals surface area contributed by atoms with Gasteiger partial charge in [-0.25, -0.2) is 0 Å². The Kier molecular flexibility index (Phi) is 4.11. The number of rotatable bonds is 4. The first-order valence-corrected chi connectivity index (χ1v) is 5.14. The summed E-state index contributed by atoms with van der Waals surface area (Å²) in [6.07, 6.45) is 0.881. The van der Waals surface area contributed by atoms with Crippen LogP contribution in [0.15, 0.2) is 16.8 Å². The number of carbonyl (C=O) groups is 1. The lowest BCUT2D eigenvalue weighted by atomic mass is 10.2. The van der Waals surface area contributed by atoms with Gasteiger partial charge in [-0.1, -0.05) is 0 Å². The molecule has 0 aliphatic rings. The van der Waals surface area contributed by atoms with Crippen molar-refractivity contribution >= 4 is 28.8 Å². The minimum atomic E-state index is -0.105. The molecule has 1 aromatic heterocycles. The van der Waals surface area contributed by atoms with Crippen molar-refractivity contribution in [3.63, 3.8) is 0 Å². The van der Waals surface area contributed by atoms with Crippen LogP contribution in [0.25, 0.3) is 0 Å². The lowest BCUT2D eigenvalue weighted by Gasteiger charge is -2.00. The van der Waals surface area contributed by atoms with Crippen molar-refractivity contribution in [2.45, 2.75) is 6.42 Å². The van der Waals surface area contributed by atoms with Crippen molar-refractivity contribution < 1.29 is 4.79 Å². The number of hydrogen-bond acceptors (Lipinski definition) is 2. The maximum absolute atomic E-state index is 10.7. The van der Waals surface area contributed by atoms with Gasteiger partial charge in [0.1, 0.15) is 5.88 Å². The third-order valence-electron chi connectivity index (χ3n) is 1.44. The second-order valence-electron chi connectivity index (χ2n) is 2.37. The van der Waals surface area contributed by atoms with Crippen molar-refractivity contribution in [1.82, 2.24) is 5.32 Å². The van der Waals surface area contributed by atoms with Crippen molar-refractivity contribution in [1.29, 1.82) is 0 Å². The van der Waals surface area contributed by atoms with Gasteiger partial charge < -0.3 is 5.32 Å². The number of halogens is 1. The largest absolute Gasteiger partial charge is 0.355 e. The standard InChI is InChI=1S/C8H10ClNOS/c9-5-8(11)10-3-1-7-2-4-12-6-7/h2,4,6H,1,3,5H2,(H,10,11). The fourth-order valence-electron chi connectivity index (χ4n) is 0.828. The smallest absolute Gasteiger partial charge is 0.234 e. The van der Waals surface area contributed by atoms with Crippen LogP contribution in [-0.4, -0.2) is 18.3 Å². The number of carbonyl (C=O) groups excluding carboxylic acids is 1. The van der Waals surface area contributed by atoms with Crippen molar-refractivity contribution in [3.05, 3.63) is 22.4 Å². The molecule has 0 bridgehead atoms. The van der Waals surface area contributed by atoms with E-state index in [1.807, 2.05) is 5.38 Å². The van der Waals surface area contributed by atoms with Crippen LogP contribution >= 0.6 is 22.9 Å². The maximum atomic E-state index is 10.7. The first-order chi connectivity index (χ1) is 5.83. The van der Waals surface area contributed by atoms with E-state index in [2.05, 4.69) is 16.8 Å². The molecule has 1 aromatic rings. The third-order valence-corrected chi connectivity index (χ3v) is 2.41. The number of alkyl halides is 1. The summed E-state index contributed by atoms with van der Waals surface area (Å²) in [6.45, 7) is 0.669. The molecule has 0 saturated carbocycles. The van der Waals surface area contributed by atoms with E-state index in [1.165, 1.54) is 5.56 Å². The van der Waals surface area contributed by atoms with Crippen LogP contribution < -0.4 is 5.32 Å². The van der Waals surface area contributed by atoms with E-state index >= 15 is 0 Å². The molecule has 0 aliphatic heterocycles. The van der Waals surface area contributed by atoms with Crippen LogP contribution in [-0.2, 0) is 11.2 Å². The summed E-state index contributed by atoms with van der Waals surface area (Å²) in [5.74, 6) is -0.0595. The fourth-order valence-corrected chi connectivity index (χ4v) is 1.63. The predicted octanol–water partition coefficient (Wildman–Crippen LogP) is 1.65. The van der Waals surface area contributed by atoms with Crippen LogP contribution in [0.1, 0.15) is 5.56 Å². The lowest BCUT2D eigenvalue weighted by molar-refractivity contribution is -0.118. The first-order valence-electron chi connectivity index (χ1n) is 3.66. The minimum absolute atomic E-state index is 0.0453. The molecule has 0 saturated heterocycles. The van der Waals surface area contributed by atoms with Crippen LogP contribution in [0.3, 0.4) is 0 Å². The van der Waals surface area contributed by atoms with Crippen LogP contribution in [0.4, 0.5) is 0 Å². The predicted molar refractivity (Wildman–Crippen MR) is 51.8 cm³/mol. The van der Waals surface area contributed by atoms with Gasteiger partial charge in [0.15, 0.2) is 0 Å². The van der Waals surface area contributed by atoms with Gasteiger partial charge in [0.05, 0.1) is 0 Å². The van der Waals surface area contributed by atoms with E-state index in [4.69, 9.17) is 11.6 Å². The molecule has 1 heterocycles. The second kappa shape index (κ2) is 5.17. The Morgan fingerprint density at radius 1 is 1.67 bits per heavy atom. The van der Waals surface area contributed by atoms with E-state index in [9.17, 15) is 4.79 Å². The van der Waals surface area contributed by atoms with E-state index < -0.39 is 0 Å². The quantitative estimate of drug-likeness (QED) is 0.741. The lowest BCUT2D eigenvalue weighted by Crippen LogP contribution is -2.26. The molecular weight excluding hydrogens is 194 g/mol. The molecule has 0 fully saturated rings. The van der Waals surface area contributed by atoms with E-state index in [0.717, 1.165) is 6.42 Å². The average Bonchev–Trinajstić information content (AvgIpc) is 2.57. The Balaban J connectivity index is 2.15. The summed E-state index contributed by atoms with van der Waals surface area (Å²) in [6, 6.07) is 2.05. The van der Waals surface area contributed by atoms with Crippen molar-refractivity contribution in [2.75, 3.05) is 12.4 Å². The summed E-state index contributed by atoms with van der Waals surface area (Å²) in [4.78, 5) is 10.7. The van der Waals surface area contributed by atoms with Gasteiger partial charge in [0.25, 0.3) is 0 Å². The molecule has 66 valence electrons. The molecule has 0 aromatic carbocycles. The molecule has 2 nitrogen and oxygen atoms in total. The summed E-state index contributed by atoms with van der Waals surface area (Å²) in [7, 11) is 0. The summed E-state index contributed by atoms with van der Waals surface area (Å²) in [5.41, 5.74) is 1.26. The molecule has 1 rings (SSSR count). The van der Waals surface area contributed by atoms with Gasteiger partial charge in [-0.2, -0.15) is 11.3 Å². The van der Waals surface area contributed by atoms with Crippen molar-refractivity contribution in [2.24, 2.45) is 0 Å². The second-order valence-corrected chi connectivity index (χ2v) is 3.41. The summed E-state index contributed by atoms with van der Waals surface area (Å²) in [5, 5.41) is 6.81. The highest BCUT2D eigenvalue weighted by Crippen LogP contribution is 2.05. The van der Waals surface area contributed by atoms with Gasteiger partial charge in [-0.05, 0) is 28.8 Å². The van der Waals surface area contributed by atoms with Gasteiger partial charge in [0, 0.05) is 6.54 Å². The number of nitrogens with one attached hydrogen (secondary N) is 1. The van der Waals surface area contributed by atoms with Crippen LogP contribution in [0.5, 0.6) is 0 Å². The van der Waals surface area contributed by atoms with E-state index in [-0.39, 0.29) is 11.8 Å². The summed E-state index contributed by atoms with van der Waals surface area (Å²) < 4.78 is 0. The van der Waals surface area contributed by atoms with Gasteiger partial charge in [0.2, 0.25) is 5.91 Å². The molecule has 0 unspecified atom stereocenters. The Labute approximate surface area is 80.5 Å². The highest BCUT2D eigenvalue weighted by Gasteiger charge is 1.97. The zero-order valence-corrected chi connectivity index (χ0v) is 8.12. The zero-order valence-electron chi connectivity index (χ0n) is 6.55. The normalized spacial score (nSPS) is 9.75. The molecule has 4 heteroatoms. The molecular formula is C8H10ClNOS. The Bertz CT molecular complexity index is 235. The molecule has 12 heavy (non-hydrogen) atoms. The van der Waals surface area contributed by atoms with E-state index in [1.54, 1.807) is 11.3 Å². The number of amides is 1. The van der Waals surface area contributed by atoms with Gasteiger partial charge in [-0.3, -0.25) is 4.79 Å². The molecule has 1 amide bonds. The SMILES string of the molecule is O=C(CCl)NCCc1ccsc1. The maximum Gasteiger partial charge on any atom is 0.234 e. The molecule has 0 radical (unpaired) electrons. The van der Waals surface area contributed by atoms with Gasteiger partial charge in [-0.15, -0.1) is 11.6 Å². The first kappa shape index (κ1) is 9.55. The highest BCUT2D eigenvalue weighted by molar-refractivity contribution is 7.07. The van der Waals surface area contributed by atoms with Crippen LogP contribution in [0.2, 0.25) is 0 Å². The molecule has 0 aliphatic carbocycles. The summed E-state index contributed by atoms with van der Waals surface area (Å²) >= 11 is 6.97. The average molecular weight is 204 g/mol. The third kappa shape index (κ3) is 3.24. The number of hydrogen-bond donors (Lipinski definition) is 1. The fraction of sp³-hybridized carbons (Fsp3) is 0.375. The Hall–Kier alpha value is -0.540. The monoisotopic (exact) mass is 203 g/mol.